The number of ether oxygens (including phenoxy) is 1. The molecule has 0 heterocycles. The Morgan fingerprint density at radius 3 is 2.05 bits per heavy atom. The number of allylic oxidation sites excluding steroid dienone is 1. The maximum atomic E-state index is 12.7. The molecule has 5 aliphatic carbocycles. The van der Waals surface area contributed by atoms with Gasteiger partial charge in [0.1, 0.15) is 6.10 Å². The molecule has 5 fully saturated rings. The maximum absolute atomic E-state index is 12.7. The predicted octanol–water partition coefficient (Wildman–Crippen LogP) is 7.77. The monoisotopic (exact) mass is 512 g/mol. The molecular weight excluding hydrogens is 460 g/mol. The van der Waals surface area contributed by atoms with E-state index >= 15 is 0 Å². The first-order valence-electron chi connectivity index (χ1n) is 14.3. The SMILES string of the molecule is C.C#C.C=C(C)C1CC[C@]2(C(=O)O)CCC3C(CCC4[C@@]3(C)CCC3[C@@H](C)[C@@H](OC(C)=O)CC[C@@]34C)C12. The van der Waals surface area contributed by atoms with Gasteiger partial charge in [0.25, 0.3) is 0 Å². The highest BCUT2D eigenvalue weighted by Crippen LogP contribution is 2.72. The van der Waals surface area contributed by atoms with E-state index in [1.54, 1.807) is 6.92 Å². The molecule has 0 aromatic rings. The summed E-state index contributed by atoms with van der Waals surface area (Å²) in [5.41, 5.74) is 1.26. The van der Waals surface area contributed by atoms with Crippen molar-refractivity contribution in [3.8, 4) is 12.8 Å². The van der Waals surface area contributed by atoms with Crippen LogP contribution in [0.5, 0.6) is 0 Å². The van der Waals surface area contributed by atoms with Gasteiger partial charge < -0.3 is 9.84 Å². The van der Waals surface area contributed by atoms with Crippen molar-refractivity contribution >= 4 is 11.9 Å². The van der Waals surface area contributed by atoms with E-state index in [-0.39, 0.29) is 30.8 Å². The number of carboxylic acid groups (broad SMARTS) is 1. The van der Waals surface area contributed by atoms with Crippen LogP contribution in [0.1, 0.15) is 106 Å². The summed E-state index contributed by atoms with van der Waals surface area (Å²) in [5.74, 6) is 2.80. The van der Waals surface area contributed by atoms with Crippen LogP contribution in [0.25, 0.3) is 0 Å². The van der Waals surface area contributed by atoms with Gasteiger partial charge in [-0.25, -0.2) is 0 Å². The minimum Gasteiger partial charge on any atom is -0.481 e. The summed E-state index contributed by atoms with van der Waals surface area (Å²) in [7, 11) is 0. The van der Waals surface area contributed by atoms with Gasteiger partial charge in [0.05, 0.1) is 5.41 Å². The molecule has 208 valence electrons. The molecule has 37 heavy (non-hydrogen) atoms. The molecule has 4 nitrogen and oxygen atoms in total. The van der Waals surface area contributed by atoms with Gasteiger partial charge in [0, 0.05) is 6.92 Å². The Morgan fingerprint density at radius 2 is 1.46 bits per heavy atom. The van der Waals surface area contributed by atoms with E-state index in [0.717, 1.165) is 38.5 Å². The van der Waals surface area contributed by atoms with E-state index in [9.17, 15) is 14.7 Å². The highest BCUT2D eigenvalue weighted by molar-refractivity contribution is 5.76. The molecule has 0 aromatic heterocycles. The first-order valence-corrected chi connectivity index (χ1v) is 14.3. The van der Waals surface area contributed by atoms with Crippen molar-refractivity contribution in [2.75, 3.05) is 0 Å². The molecule has 11 atom stereocenters. The largest absolute Gasteiger partial charge is 0.481 e. The van der Waals surface area contributed by atoms with Gasteiger partial charge in [-0.1, -0.05) is 40.3 Å². The van der Waals surface area contributed by atoms with Crippen LogP contribution in [-0.2, 0) is 14.3 Å². The smallest absolute Gasteiger partial charge is 0.309 e. The van der Waals surface area contributed by atoms with Crippen molar-refractivity contribution in [1.29, 1.82) is 0 Å². The zero-order valence-electron chi connectivity index (χ0n) is 23.2. The molecule has 0 saturated heterocycles. The number of hydrogen-bond acceptors (Lipinski definition) is 3. The van der Waals surface area contributed by atoms with Gasteiger partial charge in [0.15, 0.2) is 0 Å². The maximum Gasteiger partial charge on any atom is 0.309 e. The molecular formula is C33H52O4. The number of hydrogen-bond donors (Lipinski definition) is 1. The number of terminal acetylenes is 1. The number of aliphatic carboxylic acids is 1. The second-order valence-corrected chi connectivity index (χ2v) is 13.6. The van der Waals surface area contributed by atoms with E-state index in [1.807, 2.05) is 0 Å². The number of carbonyl (C=O) groups is 2. The van der Waals surface area contributed by atoms with Crippen LogP contribution in [0, 0.1) is 70.5 Å². The average Bonchev–Trinajstić information content (AvgIpc) is 3.24. The van der Waals surface area contributed by atoms with E-state index in [2.05, 4.69) is 47.1 Å². The molecule has 0 aromatic carbocycles. The fraction of sp³-hybridized carbons (Fsp3) is 0.818. The van der Waals surface area contributed by atoms with E-state index < -0.39 is 11.4 Å². The molecule has 0 aliphatic heterocycles. The summed E-state index contributed by atoms with van der Waals surface area (Å²) in [6.07, 6.45) is 18.8. The third-order valence-corrected chi connectivity index (χ3v) is 12.5. The summed E-state index contributed by atoms with van der Waals surface area (Å²) >= 11 is 0. The van der Waals surface area contributed by atoms with E-state index in [1.165, 1.54) is 31.3 Å². The number of rotatable bonds is 3. The normalized spacial score (nSPS) is 47.8. The van der Waals surface area contributed by atoms with Gasteiger partial charge in [-0.3, -0.25) is 9.59 Å². The third kappa shape index (κ3) is 4.28. The molecule has 0 radical (unpaired) electrons. The summed E-state index contributed by atoms with van der Waals surface area (Å²) in [4.78, 5) is 24.4. The second-order valence-electron chi connectivity index (χ2n) is 13.6. The van der Waals surface area contributed by atoms with Gasteiger partial charge >= 0.3 is 11.9 Å². The molecule has 0 bridgehead atoms. The molecule has 1 N–H and O–H groups in total. The Hall–Kier alpha value is -1.76. The molecule has 5 saturated carbocycles. The summed E-state index contributed by atoms with van der Waals surface area (Å²) in [6, 6.07) is 0. The van der Waals surface area contributed by atoms with Crippen molar-refractivity contribution in [1.82, 2.24) is 0 Å². The van der Waals surface area contributed by atoms with Gasteiger partial charge in [0.2, 0.25) is 0 Å². The Bertz CT molecular complexity index is 921. The Balaban J connectivity index is 0.00000124. The minimum atomic E-state index is -0.541. The van der Waals surface area contributed by atoms with Crippen molar-refractivity contribution in [3.63, 3.8) is 0 Å². The van der Waals surface area contributed by atoms with Crippen molar-refractivity contribution in [3.05, 3.63) is 12.2 Å². The number of fused-ring (bicyclic) bond motifs is 7. The first-order chi connectivity index (χ1) is 17.0. The quantitative estimate of drug-likeness (QED) is 0.238. The van der Waals surface area contributed by atoms with E-state index in [0.29, 0.717) is 40.9 Å². The number of carbonyl (C=O) groups excluding carboxylic acids is 1. The highest BCUT2D eigenvalue weighted by Gasteiger charge is 2.67. The Morgan fingerprint density at radius 1 is 0.892 bits per heavy atom. The third-order valence-electron chi connectivity index (χ3n) is 12.5. The lowest BCUT2D eigenvalue weighted by Gasteiger charge is -2.67. The summed E-state index contributed by atoms with van der Waals surface area (Å²) in [6.45, 7) is 15.5. The molecule has 0 amide bonds. The fourth-order valence-electron chi connectivity index (χ4n) is 11.2. The van der Waals surface area contributed by atoms with E-state index in [4.69, 9.17) is 4.74 Å². The van der Waals surface area contributed by atoms with Crippen LogP contribution >= 0.6 is 0 Å². The zero-order chi connectivity index (χ0) is 26.6. The Kier molecular flexibility index (Phi) is 8.39. The molecule has 6 unspecified atom stereocenters. The van der Waals surface area contributed by atoms with Crippen LogP contribution in [0.4, 0.5) is 0 Å². The van der Waals surface area contributed by atoms with Gasteiger partial charge in [-0.05, 0) is 123 Å². The van der Waals surface area contributed by atoms with Crippen molar-refractivity contribution < 1.29 is 19.4 Å². The topological polar surface area (TPSA) is 63.6 Å². The van der Waals surface area contributed by atoms with Crippen LogP contribution < -0.4 is 0 Å². The summed E-state index contributed by atoms with van der Waals surface area (Å²) < 4.78 is 5.76. The fourth-order valence-corrected chi connectivity index (χ4v) is 11.2. The number of carboxylic acids is 1. The zero-order valence-corrected chi connectivity index (χ0v) is 23.2. The van der Waals surface area contributed by atoms with Crippen LogP contribution in [0.3, 0.4) is 0 Å². The van der Waals surface area contributed by atoms with Crippen molar-refractivity contribution in [2.45, 2.75) is 112 Å². The lowest BCUT2D eigenvalue weighted by molar-refractivity contribution is -0.205. The number of esters is 1. The summed E-state index contributed by atoms with van der Waals surface area (Å²) in [5, 5.41) is 10.4. The average molecular weight is 513 g/mol. The van der Waals surface area contributed by atoms with Gasteiger partial charge in [-0.15, -0.1) is 12.8 Å². The first kappa shape index (κ1) is 29.8. The standard InChI is InChI=1S/C30H46O4.C2H2.CH4/c1-17(2)20-9-15-30(27(32)33)16-11-23-21(26(20)30)7-8-25-28(5)14-12-24(34-19(4)31)18(3)22(28)10-13-29(23,25)6;1-2;/h18,20-26H,1,7-16H2,2-6H3,(H,32,33);1-2H;1H4/t18-,20?,21?,22?,23?,24+,25?,26?,28+,29+,30+;;/m1../s1. The minimum absolute atomic E-state index is 0. The molecule has 4 heteroatoms. The lowest BCUT2D eigenvalue weighted by atomic mass is 9.37. The highest BCUT2D eigenvalue weighted by atomic mass is 16.5. The van der Waals surface area contributed by atoms with Crippen molar-refractivity contribution in [2.24, 2.45) is 57.7 Å². The second kappa shape index (κ2) is 10.4. The van der Waals surface area contributed by atoms with Crippen LogP contribution in [0.2, 0.25) is 0 Å². The van der Waals surface area contributed by atoms with Crippen LogP contribution in [-0.4, -0.2) is 23.1 Å². The molecule has 0 spiro atoms. The molecule has 5 aliphatic rings. The lowest BCUT2D eigenvalue weighted by Crippen LogP contribution is -2.62. The van der Waals surface area contributed by atoms with Crippen LogP contribution in [0.15, 0.2) is 12.2 Å². The Labute approximate surface area is 226 Å². The molecule has 5 rings (SSSR count). The predicted molar refractivity (Wildman–Crippen MR) is 150 cm³/mol. The van der Waals surface area contributed by atoms with Gasteiger partial charge in [-0.2, -0.15) is 0 Å².